The van der Waals surface area contributed by atoms with Crippen LogP contribution in [0.3, 0.4) is 0 Å². The highest BCUT2D eigenvalue weighted by Gasteiger charge is 2.24. The van der Waals surface area contributed by atoms with Crippen molar-refractivity contribution in [3.8, 4) is 0 Å². The third kappa shape index (κ3) is 4.83. The standard InChI is InChI=1S/C17H27N3O/c1-3-4-14-5-7-16(8-6-14)19-17(21)12-20-10-9-15(18)11-13(20)2/h5-8,13,15H,3-4,9-12,18H2,1-2H3,(H,19,21). The molecule has 0 aromatic heterocycles. The fourth-order valence-corrected chi connectivity index (χ4v) is 2.92. The van der Waals surface area contributed by atoms with E-state index in [1.807, 2.05) is 12.1 Å². The number of rotatable bonds is 5. The van der Waals surface area contributed by atoms with Crippen molar-refractivity contribution < 1.29 is 4.79 Å². The fourth-order valence-electron chi connectivity index (χ4n) is 2.92. The van der Waals surface area contributed by atoms with Gasteiger partial charge in [-0.05, 0) is 43.9 Å². The molecule has 4 heteroatoms. The van der Waals surface area contributed by atoms with Gasteiger partial charge in [0.25, 0.3) is 0 Å². The van der Waals surface area contributed by atoms with Crippen LogP contribution in [0, 0.1) is 0 Å². The molecule has 0 aliphatic carbocycles. The Bertz CT molecular complexity index is 458. The van der Waals surface area contributed by atoms with Crippen LogP contribution in [0.2, 0.25) is 0 Å². The minimum absolute atomic E-state index is 0.0561. The van der Waals surface area contributed by atoms with Crippen molar-refractivity contribution in [1.82, 2.24) is 4.90 Å². The number of hydrogen-bond donors (Lipinski definition) is 2. The van der Waals surface area contributed by atoms with Crippen molar-refractivity contribution in [2.24, 2.45) is 5.73 Å². The zero-order valence-corrected chi connectivity index (χ0v) is 13.1. The molecule has 2 atom stereocenters. The van der Waals surface area contributed by atoms with E-state index in [-0.39, 0.29) is 11.9 Å². The van der Waals surface area contributed by atoms with Crippen molar-refractivity contribution in [3.05, 3.63) is 29.8 Å². The Morgan fingerprint density at radius 3 is 2.71 bits per heavy atom. The van der Waals surface area contributed by atoms with Crippen molar-refractivity contribution in [2.75, 3.05) is 18.4 Å². The van der Waals surface area contributed by atoms with Gasteiger partial charge in [-0.3, -0.25) is 9.69 Å². The topological polar surface area (TPSA) is 58.4 Å². The van der Waals surface area contributed by atoms with Gasteiger partial charge in [-0.2, -0.15) is 0 Å². The van der Waals surface area contributed by atoms with Crippen molar-refractivity contribution in [3.63, 3.8) is 0 Å². The molecule has 1 amide bonds. The molecule has 1 aromatic rings. The van der Waals surface area contributed by atoms with Crippen molar-refractivity contribution >= 4 is 11.6 Å². The molecule has 2 rings (SSSR count). The Morgan fingerprint density at radius 2 is 2.10 bits per heavy atom. The minimum Gasteiger partial charge on any atom is -0.328 e. The Labute approximate surface area is 127 Å². The van der Waals surface area contributed by atoms with Gasteiger partial charge in [0.2, 0.25) is 5.91 Å². The van der Waals surface area contributed by atoms with Gasteiger partial charge >= 0.3 is 0 Å². The lowest BCUT2D eigenvalue weighted by molar-refractivity contribution is -0.118. The van der Waals surface area contributed by atoms with Gasteiger partial charge in [-0.15, -0.1) is 0 Å². The van der Waals surface area contributed by atoms with Crippen LogP contribution in [0.1, 0.15) is 38.7 Å². The number of aryl methyl sites for hydroxylation is 1. The second kappa shape index (κ2) is 7.57. The molecule has 1 saturated heterocycles. The van der Waals surface area contributed by atoms with Crippen LogP contribution < -0.4 is 11.1 Å². The number of likely N-dealkylation sites (tertiary alicyclic amines) is 1. The fraction of sp³-hybridized carbons (Fsp3) is 0.588. The van der Waals surface area contributed by atoms with Crippen LogP contribution in [-0.2, 0) is 11.2 Å². The van der Waals surface area contributed by atoms with Crippen LogP contribution in [0.5, 0.6) is 0 Å². The molecule has 1 aliphatic heterocycles. The van der Waals surface area contributed by atoms with E-state index in [1.165, 1.54) is 5.56 Å². The van der Waals surface area contributed by atoms with Gasteiger partial charge in [0.15, 0.2) is 0 Å². The second-order valence-corrected chi connectivity index (χ2v) is 6.10. The van der Waals surface area contributed by atoms with E-state index in [0.717, 1.165) is 37.9 Å². The predicted octanol–water partition coefficient (Wildman–Crippen LogP) is 2.39. The van der Waals surface area contributed by atoms with E-state index in [9.17, 15) is 4.79 Å². The quantitative estimate of drug-likeness (QED) is 0.875. The smallest absolute Gasteiger partial charge is 0.238 e. The summed E-state index contributed by atoms with van der Waals surface area (Å²) in [5, 5.41) is 2.98. The average molecular weight is 289 g/mol. The van der Waals surface area contributed by atoms with E-state index < -0.39 is 0 Å². The molecule has 1 heterocycles. The maximum absolute atomic E-state index is 12.1. The molecule has 0 spiro atoms. The zero-order valence-electron chi connectivity index (χ0n) is 13.1. The second-order valence-electron chi connectivity index (χ2n) is 6.10. The molecule has 21 heavy (non-hydrogen) atoms. The molecular formula is C17H27N3O. The third-order valence-corrected chi connectivity index (χ3v) is 4.18. The number of carbonyl (C=O) groups is 1. The maximum Gasteiger partial charge on any atom is 0.238 e. The Kier molecular flexibility index (Phi) is 5.76. The highest BCUT2D eigenvalue weighted by Crippen LogP contribution is 2.16. The molecule has 3 N–H and O–H groups in total. The first-order valence-electron chi connectivity index (χ1n) is 7.97. The van der Waals surface area contributed by atoms with Crippen LogP contribution >= 0.6 is 0 Å². The molecule has 116 valence electrons. The lowest BCUT2D eigenvalue weighted by atomic mass is 9.99. The van der Waals surface area contributed by atoms with Gasteiger partial charge in [-0.25, -0.2) is 0 Å². The largest absolute Gasteiger partial charge is 0.328 e. The number of carbonyl (C=O) groups excluding carboxylic acids is 1. The van der Waals surface area contributed by atoms with Crippen LogP contribution in [-0.4, -0.2) is 36.0 Å². The number of nitrogens with one attached hydrogen (secondary N) is 1. The SMILES string of the molecule is CCCc1ccc(NC(=O)CN2CCC(N)CC2C)cc1. The van der Waals surface area contributed by atoms with E-state index in [1.54, 1.807) is 0 Å². The highest BCUT2D eigenvalue weighted by atomic mass is 16.2. The lowest BCUT2D eigenvalue weighted by Gasteiger charge is -2.35. The first-order chi connectivity index (χ1) is 10.1. The lowest BCUT2D eigenvalue weighted by Crippen LogP contribution is -2.48. The first kappa shape index (κ1) is 16.0. The Balaban J connectivity index is 1.83. The van der Waals surface area contributed by atoms with Crippen molar-refractivity contribution in [2.45, 2.75) is 51.6 Å². The zero-order chi connectivity index (χ0) is 15.2. The van der Waals surface area contributed by atoms with E-state index in [0.29, 0.717) is 12.6 Å². The number of hydrogen-bond acceptors (Lipinski definition) is 3. The van der Waals surface area contributed by atoms with Crippen molar-refractivity contribution in [1.29, 1.82) is 0 Å². The summed E-state index contributed by atoms with van der Waals surface area (Å²) in [5.74, 6) is 0.0561. The van der Waals surface area contributed by atoms with Crippen LogP contribution in [0.4, 0.5) is 5.69 Å². The van der Waals surface area contributed by atoms with Gasteiger partial charge < -0.3 is 11.1 Å². The molecule has 1 aromatic carbocycles. The molecule has 0 radical (unpaired) electrons. The number of nitrogens with two attached hydrogens (primary N) is 1. The van der Waals surface area contributed by atoms with E-state index in [2.05, 4.69) is 36.2 Å². The Morgan fingerprint density at radius 1 is 1.38 bits per heavy atom. The summed E-state index contributed by atoms with van der Waals surface area (Å²) >= 11 is 0. The molecule has 4 nitrogen and oxygen atoms in total. The van der Waals surface area contributed by atoms with Gasteiger partial charge in [0.05, 0.1) is 6.54 Å². The summed E-state index contributed by atoms with van der Waals surface area (Å²) in [7, 11) is 0. The monoisotopic (exact) mass is 289 g/mol. The third-order valence-electron chi connectivity index (χ3n) is 4.18. The number of benzene rings is 1. The molecular weight excluding hydrogens is 262 g/mol. The number of nitrogens with zero attached hydrogens (tertiary/aromatic N) is 1. The minimum atomic E-state index is 0.0561. The average Bonchev–Trinajstić information content (AvgIpc) is 2.44. The number of piperidine rings is 1. The molecule has 0 saturated carbocycles. The molecule has 0 bridgehead atoms. The molecule has 1 aliphatic rings. The summed E-state index contributed by atoms with van der Waals surface area (Å²) in [6.07, 6.45) is 4.17. The number of anilines is 1. The highest BCUT2D eigenvalue weighted by molar-refractivity contribution is 5.92. The number of amides is 1. The van der Waals surface area contributed by atoms with Gasteiger partial charge in [0.1, 0.15) is 0 Å². The Hall–Kier alpha value is -1.39. The summed E-state index contributed by atoms with van der Waals surface area (Å²) in [4.78, 5) is 14.3. The van der Waals surface area contributed by atoms with Gasteiger partial charge in [0, 0.05) is 24.3 Å². The van der Waals surface area contributed by atoms with Crippen LogP contribution in [0.15, 0.2) is 24.3 Å². The van der Waals surface area contributed by atoms with Gasteiger partial charge in [-0.1, -0.05) is 25.5 Å². The summed E-state index contributed by atoms with van der Waals surface area (Å²) in [6, 6.07) is 8.80. The van der Waals surface area contributed by atoms with Crippen LogP contribution in [0.25, 0.3) is 0 Å². The summed E-state index contributed by atoms with van der Waals surface area (Å²) < 4.78 is 0. The first-order valence-corrected chi connectivity index (χ1v) is 7.97. The summed E-state index contributed by atoms with van der Waals surface area (Å²) in [5.41, 5.74) is 8.14. The maximum atomic E-state index is 12.1. The normalized spacial score (nSPS) is 23.0. The summed E-state index contributed by atoms with van der Waals surface area (Å²) in [6.45, 7) is 5.67. The van der Waals surface area contributed by atoms with E-state index >= 15 is 0 Å². The van der Waals surface area contributed by atoms with E-state index in [4.69, 9.17) is 5.73 Å². The molecule has 2 unspecified atom stereocenters. The molecule has 1 fully saturated rings. The predicted molar refractivity (Wildman–Crippen MR) is 87.3 cm³/mol.